The second kappa shape index (κ2) is 23.5. The van der Waals surface area contributed by atoms with Gasteiger partial charge in [-0.25, -0.2) is 27.6 Å². The van der Waals surface area contributed by atoms with E-state index in [-0.39, 0.29) is 69.0 Å². The number of ether oxygens (including phenoxy) is 4. The molecule has 0 bridgehead atoms. The van der Waals surface area contributed by atoms with Crippen molar-refractivity contribution in [1.82, 2.24) is 39.4 Å². The molecule has 4 aromatic rings. The molecule has 342 valence electrons. The molecule has 22 heteroatoms. The van der Waals surface area contributed by atoms with Gasteiger partial charge in [-0.1, -0.05) is 12.1 Å². The summed E-state index contributed by atoms with van der Waals surface area (Å²) < 4.78 is 51.1. The molecule has 3 aromatic heterocycles. The molecule has 20 nitrogen and oxygen atoms in total. The van der Waals surface area contributed by atoms with Crippen molar-refractivity contribution < 1.29 is 51.6 Å². The zero-order valence-corrected chi connectivity index (χ0v) is 37.0. The molecule has 1 aliphatic heterocycles. The fraction of sp³-hybridized carbons (Fsp3) is 0.488. The summed E-state index contributed by atoms with van der Waals surface area (Å²) in [5, 5.41) is 18.2. The first-order valence-corrected chi connectivity index (χ1v) is 22.7. The zero-order chi connectivity index (χ0) is 45.4. The van der Waals surface area contributed by atoms with Gasteiger partial charge in [0, 0.05) is 63.0 Å². The number of hydrogen-bond acceptors (Lipinski definition) is 14. The Balaban J connectivity index is 1.11. The Morgan fingerprint density at radius 1 is 0.905 bits per heavy atom. The van der Waals surface area contributed by atoms with Crippen LogP contribution in [0, 0.1) is 0 Å². The SMILES string of the molecule is COCCOCCCNC(=O)CCOCCOCCNC(=O)Cn1c(=O)n(-c2ccc(C[C@H](NC(=O)[C@H]3N(S(=O)(=O)c4cccnc4)CSC3(C)C)C(=O)O)cc2)c2ncccc21. The molecule has 1 saturated heterocycles. The molecule has 63 heavy (non-hydrogen) atoms. The number of nitrogens with zero attached hydrogens (tertiary/aromatic N) is 5. The summed E-state index contributed by atoms with van der Waals surface area (Å²) in [6, 6.07) is 10.0. The fourth-order valence-electron chi connectivity index (χ4n) is 6.64. The van der Waals surface area contributed by atoms with Crippen LogP contribution in [0.5, 0.6) is 0 Å². The molecule has 0 spiro atoms. The number of fused-ring (bicyclic) bond motifs is 1. The lowest BCUT2D eigenvalue weighted by molar-refractivity contribution is -0.142. The van der Waals surface area contributed by atoms with Gasteiger partial charge in [0.25, 0.3) is 0 Å². The molecule has 1 fully saturated rings. The Morgan fingerprint density at radius 3 is 2.32 bits per heavy atom. The van der Waals surface area contributed by atoms with Crippen molar-refractivity contribution in [3.63, 3.8) is 0 Å². The molecule has 2 atom stereocenters. The minimum absolute atomic E-state index is 0.0114. The molecule has 3 amide bonds. The number of rotatable bonds is 26. The van der Waals surface area contributed by atoms with E-state index in [9.17, 15) is 37.5 Å². The predicted octanol–water partition coefficient (Wildman–Crippen LogP) is 0.945. The van der Waals surface area contributed by atoms with Crippen LogP contribution in [0.15, 0.2) is 76.8 Å². The maximum Gasteiger partial charge on any atom is 0.335 e. The summed E-state index contributed by atoms with van der Waals surface area (Å²) in [6.45, 7) is 6.41. The van der Waals surface area contributed by atoms with E-state index in [0.717, 1.165) is 4.31 Å². The monoisotopic (exact) mass is 914 g/mol. The van der Waals surface area contributed by atoms with Gasteiger partial charge in [0.15, 0.2) is 5.65 Å². The number of methoxy groups -OCH3 is 1. The van der Waals surface area contributed by atoms with Crippen molar-refractivity contribution in [3.8, 4) is 5.69 Å². The van der Waals surface area contributed by atoms with Gasteiger partial charge in [0.2, 0.25) is 27.7 Å². The molecule has 0 aliphatic carbocycles. The third-order valence-electron chi connectivity index (χ3n) is 9.87. The maximum absolute atomic E-state index is 13.8. The summed E-state index contributed by atoms with van der Waals surface area (Å²) >= 11 is 1.26. The fourth-order valence-corrected chi connectivity index (χ4v) is 9.78. The topological polar surface area (TPSA) is 252 Å². The molecule has 1 aliphatic rings. The van der Waals surface area contributed by atoms with Gasteiger partial charge in [-0.2, -0.15) is 4.31 Å². The number of aliphatic carboxylic acids is 1. The highest BCUT2D eigenvalue weighted by Gasteiger charge is 2.51. The number of thioether (sulfide) groups is 1. The van der Waals surface area contributed by atoms with E-state index in [1.54, 1.807) is 57.4 Å². The van der Waals surface area contributed by atoms with Gasteiger partial charge in [0.05, 0.1) is 56.7 Å². The van der Waals surface area contributed by atoms with Crippen LogP contribution in [0.25, 0.3) is 16.9 Å². The van der Waals surface area contributed by atoms with E-state index in [0.29, 0.717) is 55.2 Å². The second-order valence-electron chi connectivity index (χ2n) is 14.8. The minimum atomic E-state index is -4.13. The molecular weight excluding hydrogens is 861 g/mol. The van der Waals surface area contributed by atoms with Crippen LogP contribution in [0.4, 0.5) is 0 Å². The highest BCUT2D eigenvalue weighted by Crippen LogP contribution is 2.42. The van der Waals surface area contributed by atoms with E-state index in [1.165, 1.54) is 51.6 Å². The number of nitrogens with one attached hydrogen (secondary N) is 3. The van der Waals surface area contributed by atoms with Crippen molar-refractivity contribution in [2.75, 3.05) is 72.3 Å². The van der Waals surface area contributed by atoms with Gasteiger partial charge in [-0.3, -0.25) is 23.9 Å². The summed E-state index contributed by atoms with van der Waals surface area (Å²) in [5.41, 5.74) is 1.10. The lowest BCUT2D eigenvalue weighted by Crippen LogP contribution is -2.56. The van der Waals surface area contributed by atoms with Crippen LogP contribution in [0.3, 0.4) is 0 Å². The average Bonchev–Trinajstić information content (AvgIpc) is 3.74. The first-order chi connectivity index (χ1) is 30.2. The maximum atomic E-state index is 13.8. The number of carbonyl (C=O) groups excluding carboxylic acids is 3. The normalized spacial score (nSPS) is 15.6. The van der Waals surface area contributed by atoms with Crippen LogP contribution in [-0.2, 0) is 61.1 Å². The largest absolute Gasteiger partial charge is 0.480 e. The van der Waals surface area contributed by atoms with Crippen molar-refractivity contribution in [1.29, 1.82) is 0 Å². The Bertz CT molecular complexity index is 2320. The van der Waals surface area contributed by atoms with Crippen molar-refractivity contribution in [2.24, 2.45) is 0 Å². The van der Waals surface area contributed by atoms with Crippen LogP contribution in [-0.4, -0.2) is 150 Å². The number of benzene rings is 1. The van der Waals surface area contributed by atoms with Crippen LogP contribution in [0.1, 0.15) is 32.3 Å². The Labute approximate surface area is 369 Å². The van der Waals surface area contributed by atoms with Gasteiger partial charge < -0.3 is 40.0 Å². The van der Waals surface area contributed by atoms with Crippen molar-refractivity contribution >= 4 is 56.6 Å². The summed E-state index contributed by atoms with van der Waals surface area (Å²) in [7, 11) is -2.52. The van der Waals surface area contributed by atoms with Gasteiger partial charge in [-0.05, 0) is 62.2 Å². The predicted molar refractivity (Wildman–Crippen MR) is 232 cm³/mol. The summed E-state index contributed by atoms with van der Waals surface area (Å²) in [4.78, 5) is 73.0. The number of aromatic nitrogens is 4. The first-order valence-electron chi connectivity index (χ1n) is 20.2. The number of imidazole rings is 1. The first kappa shape index (κ1) is 48.8. The van der Waals surface area contributed by atoms with E-state index in [2.05, 4.69) is 25.9 Å². The molecule has 4 heterocycles. The minimum Gasteiger partial charge on any atom is -0.480 e. The highest BCUT2D eigenvalue weighted by molar-refractivity contribution is 8.02. The smallest absolute Gasteiger partial charge is 0.335 e. The van der Waals surface area contributed by atoms with Crippen LogP contribution >= 0.6 is 11.8 Å². The van der Waals surface area contributed by atoms with Gasteiger partial charge >= 0.3 is 11.7 Å². The number of carboxylic acids is 1. The lowest BCUT2D eigenvalue weighted by atomic mass is 10.0. The third kappa shape index (κ3) is 13.4. The third-order valence-corrected chi connectivity index (χ3v) is 13.2. The molecule has 0 unspecified atom stereocenters. The Morgan fingerprint density at radius 2 is 1.60 bits per heavy atom. The second-order valence-corrected chi connectivity index (χ2v) is 18.3. The quantitative estimate of drug-likeness (QED) is 0.0640. The van der Waals surface area contributed by atoms with E-state index in [4.69, 9.17) is 18.9 Å². The zero-order valence-electron chi connectivity index (χ0n) is 35.4. The molecule has 4 N–H and O–H groups in total. The number of hydrogen-bond donors (Lipinski definition) is 4. The van der Waals surface area contributed by atoms with Gasteiger partial charge in [0.1, 0.15) is 23.5 Å². The number of amides is 3. The lowest BCUT2D eigenvalue weighted by Gasteiger charge is -2.30. The molecule has 0 radical (unpaired) electrons. The average molecular weight is 915 g/mol. The van der Waals surface area contributed by atoms with Crippen molar-refractivity contribution in [2.45, 2.75) is 61.4 Å². The van der Waals surface area contributed by atoms with E-state index < -0.39 is 50.3 Å². The summed E-state index contributed by atoms with van der Waals surface area (Å²) in [6.07, 6.45) is 4.93. The van der Waals surface area contributed by atoms with Crippen molar-refractivity contribution in [3.05, 3.63) is 83.2 Å². The molecule has 0 saturated carbocycles. The number of carbonyl (C=O) groups is 4. The number of carboxylic acid groups (broad SMARTS) is 1. The Hall–Kier alpha value is -5.23. The van der Waals surface area contributed by atoms with Crippen LogP contribution in [0.2, 0.25) is 0 Å². The van der Waals surface area contributed by atoms with Crippen LogP contribution < -0.4 is 21.6 Å². The van der Waals surface area contributed by atoms with E-state index >= 15 is 0 Å². The summed E-state index contributed by atoms with van der Waals surface area (Å²) in [5.74, 6) is -2.63. The highest BCUT2D eigenvalue weighted by atomic mass is 32.2. The van der Waals surface area contributed by atoms with E-state index in [1.807, 2.05) is 0 Å². The standard InChI is InChI=1S/C41H54N8O12S2/c1-41(2)36(48(28-62-41)63(56,57)31-7-4-14-42-26-31)38(52)46-32(39(53)54)25-29-9-11-30(12-10-29)49-37-33(8-5-15-45-37)47(40(49)55)27-35(51)44-17-20-61-24-23-60-19-13-34(50)43-16-6-18-59-22-21-58-3/h4-5,7-12,14-15,26,32,36H,6,13,16-25,27-28H2,1-3H3,(H,43,50)(H,44,51)(H,46,52)(H,53,54)/t32-,36+/m0/s1. The number of sulfonamides is 1. The molecular formula is C41H54N8O12S2. The number of pyridine rings is 2. The molecule has 1 aromatic carbocycles. The van der Waals surface area contributed by atoms with Gasteiger partial charge in [-0.15, -0.1) is 11.8 Å². The Kier molecular flexibility index (Phi) is 18.2. The molecule has 5 rings (SSSR count).